The van der Waals surface area contributed by atoms with Gasteiger partial charge in [-0.2, -0.15) is 0 Å². The molecule has 1 aromatic rings. The van der Waals surface area contributed by atoms with Crippen LogP contribution in [0.4, 0.5) is 5.69 Å². The summed E-state index contributed by atoms with van der Waals surface area (Å²) in [6.45, 7) is 4.73. The molecule has 0 aliphatic rings. The normalized spacial score (nSPS) is 12.6. The van der Waals surface area contributed by atoms with Gasteiger partial charge in [-0.25, -0.2) is 0 Å². The fraction of sp³-hybridized carbons (Fsp3) is 0.500. The van der Waals surface area contributed by atoms with Gasteiger partial charge in [0.1, 0.15) is 0 Å². The Morgan fingerprint density at radius 2 is 2.00 bits per heavy atom. The fourth-order valence-electron chi connectivity index (χ4n) is 2.02. The van der Waals surface area contributed by atoms with Crippen LogP contribution in [-0.4, -0.2) is 12.5 Å². The number of nitrogens with one attached hydrogen (secondary N) is 1. The highest BCUT2D eigenvalue weighted by Gasteiger charge is 2.16. The second-order valence-corrected chi connectivity index (χ2v) is 6.82. The van der Waals surface area contributed by atoms with Gasteiger partial charge in [-0.1, -0.05) is 37.0 Å². The van der Waals surface area contributed by atoms with E-state index in [0.717, 1.165) is 6.42 Å². The van der Waals surface area contributed by atoms with Crippen LogP contribution in [0.3, 0.4) is 0 Å². The highest BCUT2D eigenvalue weighted by Crippen LogP contribution is 2.35. The summed E-state index contributed by atoms with van der Waals surface area (Å²) in [5.74, 6) is 0.600. The third kappa shape index (κ3) is 5.24. The smallest absolute Gasteiger partial charge is 0.224 e. The molecule has 1 amide bonds. The van der Waals surface area contributed by atoms with E-state index in [1.54, 1.807) is 12.1 Å². The minimum absolute atomic E-state index is 0.0959. The summed E-state index contributed by atoms with van der Waals surface area (Å²) in [7, 11) is 0. The molecule has 0 heterocycles. The Hall–Kier alpha value is -0.290. The van der Waals surface area contributed by atoms with Crippen LogP contribution in [0.1, 0.15) is 26.7 Å². The number of rotatable bonds is 6. The maximum atomic E-state index is 12.0. The molecule has 3 nitrogen and oxygen atoms in total. The van der Waals surface area contributed by atoms with Crippen LogP contribution in [0.25, 0.3) is 0 Å². The van der Waals surface area contributed by atoms with Crippen LogP contribution in [0.15, 0.2) is 16.6 Å². The van der Waals surface area contributed by atoms with Gasteiger partial charge < -0.3 is 11.1 Å². The highest BCUT2D eigenvalue weighted by molar-refractivity contribution is 9.10. The van der Waals surface area contributed by atoms with Crippen molar-refractivity contribution >= 4 is 50.7 Å². The number of benzene rings is 1. The van der Waals surface area contributed by atoms with Gasteiger partial charge >= 0.3 is 0 Å². The summed E-state index contributed by atoms with van der Waals surface area (Å²) in [5.41, 5.74) is 6.22. The van der Waals surface area contributed by atoms with E-state index in [1.807, 2.05) is 0 Å². The molecule has 6 heteroatoms. The van der Waals surface area contributed by atoms with Crippen molar-refractivity contribution < 1.29 is 4.79 Å². The van der Waals surface area contributed by atoms with Crippen LogP contribution in [-0.2, 0) is 4.79 Å². The van der Waals surface area contributed by atoms with E-state index in [1.165, 1.54) is 0 Å². The van der Waals surface area contributed by atoms with Gasteiger partial charge in [0.05, 0.1) is 15.7 Å². The quantitative estimate of drug-likeness (QED) is 0.701. The monoisotopic (exact) mass is 380 g/mol. The zero-order chi connectivity index (χ0) is 15.3. The molecule has 1 rings (SSSR count). The topological polar surface area (TPSA) is 55.1 Å². The third-order valence-corrected chi connectivity index (χ3v) is 4.69. The van der Waals surface area contributed by atoms with E-state index in [9.17, 15) is 4.79 Å². The first-order chi connectivity index (χ1) is 9.35. The third-order valence-electron chi connectivity index (χ3n) is 2.92. The number of hydrogen-bond donors (Lipinski definition) is 2. The van der Waals surface area contributed by atoms with Crippen LogP contribution in [0.2, 0.25) is 10.0 Å². The van der Waals surface area contributed by atoms with Crippen molar-refractivity contribution in [2.45, 2.75) is 26.7 Å². The molecule has 0 bridgehead atoms. The zero-order valence-electron chi connectivity index (χ0n) is 11.6. The van der Waals surface area contributed by atoms with Gasteiger partial charge in [0.25, 0.3) is 0 Å². The lowest BCUT2D eigenvalue weighted by atomic mass is 9.94. The Morgan fingerprint density at radius 1 is 1.35 bits per heavy atom. The van der Waals surface area contributed by atoms with E-state index < -0.39 is 0 Å². The summed E-state index contributed by atoms with van der Waals surface area (Å²) in [4.78, 5) is 12.0. The molecule has 0 aromatic heterocycles. The lowest BCUT2D eigenvalue weighted by Crippen LogP contribution is -2.23. The average molecular weight is 382 g/mol. The number of carbonyl (C=O) groups is 1. The second kappa shape index (κ2) is 8.23. The minimum atomic E-state index is -0.0959. The molecule has 0 radical (unpaired) electrons. The number of carbonyl (C=O) groups excluding carboxylic acids is 1. The summed E-state index contributed by atoms with van der Waals surface area (Å²) >= 11 is 15.4. The van der Waals surface area contributed by atoms with Crippen LogP contribution in [0, 0.1) is 11.8 Å². The SMILES string of the molecule is CC(C)C[C@H](CN)CC(=O)Nc1ccc(Br)c(Cl)c1Cl. The molecule has 0 saturated heterocycles. The van der Waals surface area contributed by atoms with Crippen LogP contribution < -0.4 is 11.1 Å². The Bertz CT molecular complexity index is 480. The van der Waals surface area contributed by atoms with E-state index in [4.69, 9.17) is 28.9 Å². The molecule has 0 fully saturated rings. The van der Waals surface area contributed by atoms with Crippen LogP contribution in [0.5, 0.6) is 0 Å². The molecule has 0 aliphatic carbocycles. The Labute approximate surface area is 138 Å². The molecular formula is C14H19BrCl2N2O. The first-order valence-corrected chi connectivity index (χ1v) is 8.03. The number of nitrogens with two attached hydrogens (primary N) is 1. The standard InChI is InChI=1S/C14H19BrCl2N2O/c1-8(2)5-9(7-18)6-12(20)19-11-4-3-10(15)13(16)14(11)17/h3-4,8-9H,5-7,18H2,1-2H3,(H,19,20)/t9-/m0/s1. The number of amides is 1. The Morgan fingerprint density at radius 3 is 2.55 bits per heavy atom. The van der Waals surface area contributed by atoms with E-state index in [-0.39, 0.29) is 11.8 Å². The lowest BCUT2D eigenvalue weighted by molar-refractivity contribution is -0.117. The summed E-state index contributed by atoms with van der Waals surface area (Å²) < 4.78 is 0.696. The van der Waals surface area contributed by atoms with Gasteiger partial charge in [-0.3, -0.25) is 4.79 Å². The zero-order valence-corrected chi connectivity index (χ0v) is 14.6. The van der Waals surface area contributed by atoms with Crippen molar-refractivity contribution in [2.24, 2.45) is 17.6 Å². The van der Waals surface area contributed by atoms with Gasteiger partial charge in [-0.15, -0.1) is 0 Å². The maximum Gasteiger partial charge on any atom is 0.224 e. The predicted octanol–water partition coefficient (Wildman–Crippen LogP) is 4.71. The molecule has 0 aliphatic heterocycles. The first kappa shape index (κ1) is 17.8. The molecule has 0 saturated carbocycles. The summed E-state index contributed by atoms with van der Waals surface area (Å²) in [6.07, 6.45) is 1.32. The molecule has 1 atom stereocenters. The fourth-order valence-corrected chi connectivity index (χ4v) is 2.84. The first-order valence-electron chi connectivity index (χ1n) is 6.48. The largest absolute Gasteiger partial charge is 0.330 e. The predicted molar refractivity (Wildman–Crippen MR) is 89.4 cm³/mol. The molecule has 112 valence electrons. The van der Waals surface area contributed by atoms with Crippen molar-refractivity contribution in [1.82, 2.24) is 0 Å². The van der Waals surface area contributed by atoms with E-state index in [2.05, 4.69) is 35.1 Å². The number of hydrogen-bond acceptors (Lipinski definition) is 2. The average Bonchev–Trinajstić information content (AvgIpc) is 2.38. The van der Waals surface area contributed by atoms with Crippen LogP contribution >= 0.6 is 39.1 Å². The molecular weight excluding hydrogens is 363 g/mol. The molecule has 0 unspecified atom stereocenters. The molecule has 20 heavy (non-hydrogen) atoms. The minimum Gasteiger partial charge on any atom is -0.330 e. The highest BCUT2D eigenvalue weighted by atomic mass is 79.9. The molecule has 0 spiro atoms. The van der Waals surface area contributed by atoms with E-state index in [0.29, 0.717) is 39.1 Å². The summed E-state index contributed by atoms with van der Waals surface area (Å²) in [6, 6.07) is 3.47. The van der Waals surface area contributed by atoms with Gasteiger partial charge in [0.15, 0.2) is 0 Å². The summed E-state index contributed by atoms with van der Waals surface area (Å²) in [5, 5.41) is 3.51. The number of anilines is 1. The van der Waals surface area contributed by atoms with Gasteiger partial charge in [-0.05, 0) is 52.9 Å². The van der Waals surface area contributed by atoms with Crippen molar-refractivity contribution in [3.8, 4) is 0 Å². The van der Waals surface area contributed by atoms with Gasteiger partial charge in [0, 0.05) is 10.9 Å². The second-order valence-electron chi connectivity index (χ2n) is 5.21. The van der Waals surface area contributed by atoms with Crippen molar-refractivity contribution in [3.63, 3.8) is 0 Å². The molecule has 1 aromatic carbocycles. The molecule has 3 N–H and O–H groups in total. The van der Waals surface area contributed by atoms with Crippen molar-refractivity contribution in [1.29, 1.82) is 0 Å². The van der Waals surface area contributed by atoms with Crippen molar-refractivity contribution in [2.75, 3.05) is 11.9 Å². The maximum absolute atomic E-state index is 12.0. The van der Waals surface area contributed by atoms with Gasteiger partial charge in [0.2, 0.25) is 5.91 Å². The van der Waals surface area contributed by atoms with Crippen molar-refractivity contribution in [3.05, 3.63) is 26.7 Å². The van der Waals surface area contributed by atoms with E-state index >= 15 is 0 Å². The number of halogens is 3. The lowest BCUT2D eigenvalue weighted by Gasteiger charge is -2.17. The Balaban J connectivity index is 2.69. The Kier molecular flexibility index (Phi) is 7.30.